The summed E-state index contributed by atoms with van der Waals surface area (Å²) in [4.78, 5) is 29.6. The second-order valence-corrected chi connectivity index (χ2v) is 12.7. The number of sulfonamides is 1. The number of carbonyl (C=O) groups is 1. The second kappa shape index (κ2) is 10.7. The van der Waals surface area contributed by atoms with E-state index < -0.39 is 10.0 Å². The summed E-state index contributed by atoms with van der Waals surface area (Å²) < 4.78 is 25.4. The first-order chi connectivity index (χ1) is 17.7. The number of rotatable bonds is 6. The quantitative estimate of drug-likeness (QED) is 0.567. The minimum atomic E-state index is -3.19. The molecule has 0 N–H and O–H groups in total. The maximum Gasteiger partial charge on any atom is 0.231 e. The van der Waals surface area contributed by atoms with Gasteiger partial charge in [0.1, 0.15) is 12.1 Å². The molecule has 0 radical (unpaired) electrons. The lowest BCUT2D eigenvalue weighted by molar-refractivity contribution is -0.133. The van der Waals surface area contributed by atoms with Crippen LogP contribution in [0.15, 0.2) is 30.6 Å². The third-order valence-corrected chi connectivity index (χ3v) is 9.47. The van der Waals surface area contributed by atoms with Gasteiger partial charge in [-0.25, -0.2) is 18.4 Å². The van der Waals surface area contributed by atoms with Crippen molar-refractivity contribution in [2.45, 2.75) is 38.5 Å². The van der Waals surface area contributed by atoms with Gasteiger partial charge in [0.2, 0.25) is 15.9 Å². The fourth-order valence-corrected chi connectivity index (χ4v) is 6.69. The number of anilines is 1. The summed E-state index contributed by atoms with van der Waals surface area (Å²) in [5, 5.41) is 0. The van der Waals surface area contributed by atoms with Crippen LogP contribution in [0.1, 0.15) is 47.6 Å². The number of aromatic nitrogens is 2. The highest BCUT2D eigenvalue weighted by atomic mass is 32.2. The number of aryl methyl sites for hydroxylation is 2. The van der Waals surface area contributed by atoms with Crippen LogP contribution < -0.4 is 4.90 Å². The summed E-state index contributed by atoms with van der Waals surface area (Å²) in [5.41, 5.74) is 4.64. The minimum absolute atomic E-state index is 0.148. The van der Waals surface area contributed by atoms with Gasteiger partial charge < -0.3 is 9.80 Å². The van der Waals surface area contributed by atoms with Crippen LogP contribution in [-0.2, 0) is 21.2 Å². The minimum Gasteiger partial charge on any atom is -0.353 e. The Balaban J connectivity index is 1.28. The predicted octanol–water partition coefficient (Wildman–Crippen LogP) is 1.84. The molecule has 2 aliphatic heterocycles. The lowest BCUT2D eigenvalue weighted by Crippen LogP contribution is -2.53. The molecule has 5 rings (SSSR count). The van der Waals surface area contributed by atoms with E-state index in [4.69, 9.17) is 0 Å². The largest absolute Gasteiger partial charge is 0.353 e. The Bertz CT molecular complexity index is 1220. The number of nitrogens with zero attached hydrogens (tertiary/aromatic N) is 6. The van der Waals surface area contributed by atoms with E-state index in [-0.39, 0.29) is 11.8 Å². The zero-order valence-electron chi connectivity index (χ0n) is 22.1. The van der Waals surface area contributed by atoms with E-state index in [2.05, 4.69) is 57.9 Å². The van der Waals surface area contributed by atoms with E-state index in [0.717, 1.165) is 42.9 Å². The first kappa shape index (κ1) is 26.1. The average Bonchev–Trinajstić information content (AvgIpc) is 3.28. The number of hydrogen-bond acceptors (Lipinski definition) is 7. The van der Waals surface area contributed by atoms with Gasteiger partial charge in [-0.05, 0) is 31.2 Å². The molecule has 200 valence electrons. The Morgan fingerprint density at radius 3 is 2.32 bits per heavy atom. The molecule has 37 heavy (non-hydrogen) atoms. The summed E-state index contributed by atoms with van der Waals surface area (Å²) in [6.07, 6.45) is 5.08. The monoisotopic (exact) mass is 526 g/mol. The molecule has 1 aliphatic carbocycles. The van der Waals surface area contributed by atoms with Gasteiger partial charge in [-0.15, -0.1) is 0 Å². The molecule has 1 aromatic carbocycles. The van der Waals surface area contributed by atoms with Gasteiger partial charge in [-0.3, -0.25) is 9.69 Å². The van der Waals surface area contributed by atoms with Crippen LogP contribution in [0.4, 0.5) is 5.82 Å². The molecular weight excluding hydrogens is 488 g/mol. The Morgan fingerprint density at radius 1 is 1.00 bits per heavy atom. The van der Waals surface area contributed by atoms with E-state index in [1.807, 2.05) is 4.90 Å². The summed E-state index contributed by atoms with van der Waals surface area (Å²) in [5.74, 6) is 1.39. The lowest BCUT2D eigenvalue weighted by atomic mass is 9.95. The van der Waals surface area contributed by atoms with Crippen LogP contribution >= 0.6 is 0 Å². The molecule has 1 aromatic heterocycles. The van der Waals surface area contributed by atoms with Gasteiger partial charge in [0.05, 0.1) is 12.2 Å². The summed E-state index contributed by atoms with van der Waals surface area (Å²) in [6, 6.07) is 8.25. The predicted molar refractivity (Wildman–Crippen MR) is 144 cm³/mol. The molecule has 1 amide bonds. The van der Waals surface area contributed by atoms with Crippen LogP contribution in [0.3, 0.4) is 0 Å². The molecule has 0 saturated carbocycles. The maximum atomic E-state index is 13.9. The SMILES string of the molecule is Cc1ccc([C@H](CN2CCN(S(C)(=O)=O)CC2)C(=O)N2CCN(c3ncnc4c3[C@H](C)CC4)CC2)cc1. The molecule has 3 heterocycles. The van der Waals surface area contributed by atoms with Crippen LogP contribution in [0.5, 0.6) is 0 Å². The number of piperazine rings is 2. The van der Waals surface area contributed by atoms with Crippen molar-refractivity contribution in [1.29, 1.82) is 0 Å². The molecule has 2 atom stereocenters. The maximum absolute atomic E-state index is 13.9. The van der Waals surface area contributed by atoms with E-state index in [0.29, 0.717) is 51.7 Å². The van der Waals surface area contributed by atoms with Crippen molar-refractivity contribution < 1.29 is 13.2 Å². The lowest BCUT2D eigenvalue weighted by Gasteiger charge is -2.39. The molecule has 9 nitrogen and oxygen atoms in total. The smallest absolute Gasteiger partial charge is 0.231 e. The molecule has 3 aliphatic rings. The Hall–Kier alpha value is -2.56. The average molecular weight is 527 g/mol. The van der Waals surface area contributed by atoms with Gasteiger partial charge in [0.25, 0.3) is 0 Å². The third-order valence-electron chi connectivity index (χ3n) is 8.16. The van der Waals surface area contributed by atoms with E-state index in [1.165, 1.54) is 21.8 Å². The fraction of sp³-hybridized carbons (Fsp3) is 0.593. The fourth-order valence-electron chi connectivity index (χ4n) is 5.86. The summed E-state index contributed by atoms with van der Waals surface area (Å²) in [6.45, 7) is 9.94. The molecule has 2 saturated heterocycles. The van der Waals surface area contributed by atoms with Crippen LogP contribution in [0.2, 0.25) is 0 Å². The van der Waals surface area contributed by atoms with Gasteiger partial charge in [0, 0.05) is 70.2 Å². The van der Waals surface area contributed by atoms with Crippen molar-refractivity contribution in [2.75, 3.05) is 70.1 Å². The van der Waals surface area contributed by atoms with Crippen molar-refractivity contribution in [3.05, 3.63) is 53.0 Å². The summed E-state index contributed by atoms with van der Waals surface area (Å²) in [7, 11) is -3.19. The first-order valence-corrected chi connectivity index (χ1v) is 15.2. The first-order valence-electron chi connectivity index (χ1n) is 13.3. The molecule has 0 spiro atoms. The highest BCUT2D eigenvalue weighted by Crippen LogP contribution is 2.37. The molecule has 10 heteroatoms. The number of fused-ring (bicyclic) bond motifs is 1. The highest BCUT2D eigenvalue weighted by Gasteiger charge is 2.34. The Morgan fingerprint density at radius 2 is 1.68 bits per heavy atom. The topological polar surface area (TPSA) is 90.0 Å². The second-order valence-electron chi connectivity index (χ2n) is 10.7. The van der Waals surface area contributed by atoms with E-state index in [1.54, 1.807) is 6.33 Å². The molecular formula is C27H38N6O3S. The third kappa shape index (κ3) is 5.66. The van der Waals surface area contributed by atoms with Crippen molar-refractivity contribution in [3.63, 3.8) is 0 Å². The Labute approximate surface area is 220 Å². The number of carbonyl (C=O) groups excluding carboxylic acids is 1. The van der Waals surface area contributed by atoms with Crippen molar-refractivity contribution in [3.8, 4) is 0 Å². The van der Waals surface area contributed by atoms with Crippen molar-refractivity contribution in [1.82, 2.24) is 24.1 Å². The molecule has 0 unspecified atom stereocenters. The zero-order valence-corrected chi connectivity index (χ0v) is 23.0. The standard InChI is InChI=1S/C27H38N6O3S/c1-20-4-7-22(8-5-20)23(18-30-10-16-33(17-11-30)37(3,35)36)27(34)32-14-12-31(13-15-32)26-25-21(2)6-9-24(25)28-19-29-26/h4-5,7-8,19,21,23H,6,9-18H2,1-3H3/t21-,23+/m1/s1. The van der Waals surface area contributed by atoms with Gasteiger partial charge in [-0.1, -0.05) is 36.8 Å². The van der Waals surface area contributed by atoms with E-state index in [9.17, 15) is 13.2 Å². The highest BCUT2D eigenvalue weighted by molar-refractivity contribution is 7.88. The molecule has 2 aromatic rings. The number of amides is 1. The van der Waals surface area contributed by atoms with Crippen LogP contribution in [0.25, 0.3) is 0 Å². The van der Waals surface area contributed by atoms with Crippen LogP contribution in [-0.4, -0.2) is 104 Å². The normalized spacial score (nSPS) is 22.2. The van der Waals surface area contributed by atoms with Gasteiger partial charge >= 0.3 is 0 Å². The zero-order chi connectivity index (χ0) is 26.2. The van der Waals surface area contributed by atoms with Gasteiger partial charge in [-0.2, -0.15) is 4.31 Å². The molecule has 2 fully saturated rings. The number of benzene rings is 1. The van der Waals surface area contributed by atoms with Crippen LogP contribution in [0, 0.1) is 6.92 Å². The number of hydrogen-bond donors (Lipinski definition) is 0. The van der Waals surface area contributed by atoms with Gasteiger partial charge in [0.15, 0.2) is 0 Å². The summed E-state index contributed by atoms with van der Waals surface area (Å²) >= 11 is 0. The molecule has 0 bridgehead atoms. The van der Waals surface area contributed by atoms with Crippen molar-refractivity contribution in [2.24, 2.45) is 0 Å². The Kier molecular flexibility index (Phi) is 7.51. The van der Waals surface area contributed by atoms with Crippen molar-refractivity contribution >= 4 is 21.7 Å². The van der Waals surface area contributed by atoms with E-state index >= 15 is 0 Å².